The van der Waals surface area contributed by atoms with Gasteiger partial charge in [-0.05, 0) is 12.5 Å². The van der Waals surface area contributed by atoms with E-state index >= 15 is 0 Å². The molecule has 16 heavy (non-hydrogen) atoms. The van der Waals surface area contributed by atoms with Crippen molar-refractivity contribution in [2.45, 2.75) is 25.8 Å². The topological polar surface area (TPSA) is 41.1 Å². The number of rotatable bonds is 2. The van der Waals surface area contributed by atoms with Crippen molar-refractivity contribution in [3.8, 4) is 0 Å². The Morgan fingerprint density at radius 3 is 2.81 bits per heavy atom. The van der Waals surface area contributed by atoms with Gasteiger partial charge < -0.3 is 10.6 Å². The van der Waals surface area contributed by atoms with Gasteiger partial charge in [-0.25, -0.2) is 8.78 Å². The van der Waals surface area contributed by atoms with Gasteiger partial charge in [-0.2, -0.15) is 0 Å². The van der Waals surface area contributed by atoms with Crippen molar-refractivity contribution in [1.82, 2.24) is 0 Å². The first-order chi connectivity index (χ1) is 7.61. The van der Waals surface area contributed by atoms with E-state index in [2.05, 4.69) is 10.6 Å². The summed E-state index contributed by atoms with van der Waals surface area (Å²) in [5.74, 6) is -1.69. The number of carbonyl (C=O) groups excluding carboxylic acids is 1. The molecular formula is C11H12F2N2O. The monoisotopic (exact) mass is 226 g/mol. The summed E-state index contributed by atoms with van der Waals surface area (Å²) in [6.45, 7) is 1.94. The third-order valence-corrected chi connectivity index (χ3v) is 2.53. The molecule has 0 saturated carbocycles. The number of carbonyl (C=O) groups is 1. The Balaban J connectivity index is 2.35. The van der Waals surface area contributed by atoms with E-state index in [1.54, 1.807) is 0 Å². The van der Waals surface area contributed by atoms with Gasteiger partial charge in [0.05, 0.1) is 5.69 Å². The number of hydrogen-bond donors (Lipinski definition) is 2. The molecule has 0 radical (unpaired) electrons. The highest BCUT2D eigenvalue weighted by Crippen LogP contribution is 2.31. The lowest BCUT2D eigenvalue weighted by Crippen LogP contribution is -2.39. The first-order valence-electron chi connectivity index (χ1n) is 5.18. The molecule has 1 aliphatic rings. The van der Waals surface area contributed by atoms with Crippen molar-refractivity contribution in [1.29, 1.82) is 0 Å². The van der Waals surface area contributed by atoms with Crippen LogP contribution in [0.3, 0.4) is 0 Å². The molecule has 0 fully saturated rings. The molecule has 5 heteroatoms. The zero-order valence-corrected chi connectivity index (χ0v) is 8.81. The fourth-order valence-electron chi connectivity index (χ4n) is 1.77. The zero-order valence-electron chi connectivity index (χ0n) is 8.81. The smallest absolute Gasteiger partial charge is 0.246 e. The van der Waals surface area contributed by atoms with Crippen LogP contribution in [0.4, 0.5) is 20.2 Å². The predicted octanol–water partition coefficient (Wildman–Crippen LogP) is 2.50. The van der Waals surface area contributed by atoms with E-state index in [9.17, 15) is 13.6 Å². The molecule has 2 N–H and O–H groups in total. The number of nitrogens with one attached hydrogen (secondary N) is 2. The number of amides is 1. The van der Waals surface area contributed by atoms with Gasteiger partial charge in [-0.1, -0.05) is 13.3 Å². The van der Waals surface area contributed by atoms with Crippen LogP contribution in [0.2, 0.25) is 0 Å². The Morgan fingerprint density at radius 2 is 2.12 bits per heavy atom. The van der Waals surface area contributed by atoms with Gasteiger partial charge in [0.15, 0.2) is 5.82 Å². The molecule has 1 aromatic rings. The molecule has 0 saturated heterocycles. The molecule has 3 nitrogen and oxygen atoms in total. The van der Waals surface area contributed by atoms with Crippen molar-refractivity contribution < 1.29 is 13.6 Å². The van der Waals surface area contributed by atoms with E-state index < -0.39 is 17.7 Å². The van der Waals surface area contributed by atoms with Gasteiger partial charge in [-0.3, -0.25) is 4.79 Å². The lowest BCUT2D eigenvalue weighted by atomic mass is 10.1. The normalized spacial score (nSPS) is 18.7. The highest BCUT2D eigenvalue weighted by Gasteiger charge is 2.27. The highest BCUT2D eigenvalue weighted by atomic mass is 19.1. The van der Waals surface area contributed by atoms with E-state index in [-0.39, 0.29) is 11.6 Å². The van der Waals surface area contributed by atoms with Gasteiger partial charge in [0.2, 0.25) is 5.91 Å². The summed E-state index contributed by atoms with van der Waals surface area (Å²) in [4.78, 5) is 11.6. The molecule has 0 aliphatic carbocycles. The van der Waals surface area contributed by atoms with Gasteiger partial charge in [-0.15, -0.1) is 0 Å². The Morgan fingerprint density at radius 1 is 1.38 bits per heavy atom. The molecule has 0 bridgehead atoms. The van der Waals surface area contributed by atoms with E-state index in [0.717, 1.165) is 12.5 Å². The molecule has 1 amide bonds. The number of anilines is 2. The standard InChI is InChI=1S/C11H12F2N2O/c1-2-3-8-11(16)15-10-7(13)4-6(12)5-9(10)14-8/h4-5,8,14H,2-3H2,1H3,(H,15,16). The number of benzene rings is 1. The summed E-state index contributed by atoms with van der Waals surface area (Å²) >= 11 is 0. The summed E-state index contributed by atoms with van der Waals surface area (Å²) in [6, 6.07) is 1.51. The van der Waals surface area contributed by atoms with Crippen LogP contribution in [0.25, 0.3) is 0 Å². The second kappa shape index (κ2) is 4.08. The maximum atomic E-state index is 13.3. The van der Waals surface area contributed by atoms with Crippen LogP contribution in [-0.4, -0.2) is 11.9 Å². The maximum absolute atomic E-state index is 13.3. The molecular weight excluding hydrogens is 214 g/mol. The first-order valence-corrected chi connectivity index (χ1v) is 5.18. The minimum Gasteiger partial charge on any atom is -0.372 e. The van der Waals surface area contributed by atoms with Crippen LogP contribution >= 0.6 is 0 Å². The molecule has 1 aromatic carbocycles. The van der Waals surface area contributed by atoms with Crippen LogP contribution in [0.5, 0.6) is 0 Å². The van der Waals surface area contributed by atoms with Crippen LogP contribution in [-0.2, 0) is 4.79 Å². The molecule has 1 unspecified atom stereocenters. The quantitative estimate of drug-likeness (QED) is 0.813. The highest BCUT2D eigenvalue weighted by molar-refractivity contribution is 6.03. The summed E-state index contributed by atoms with van der Waals surface area (Å²) in [7, 11) is 0. The fraction of sp³-hybridized carbons (Fsp3) is 0.364. The third kappa shape index (κ3) is 1.85. The first kappa shape index (κ1) is 10.9. The Labute approximate surface area is 91.8 Å². The van der Waals surface area contributed by atoms with E-state index in [1.807, 2.05) is 6.92 Å². The summed E-state index contributed by atoms with van der Waals surface area (Å²) in [5.41, 5.74) is 0.328. The maximum Gasteiger partial charge on any atom is 0.246 e. The van der Waals surface area contributed by atoms with Crippen molar-refractivity contribution in [2.75, 3.05) is 10.6 Å². The lowest BCUT2D eigenvalue weighted by molar-refractivity contribution is -0.117. The fourth-order valence-corrected chi connectivity index (χ4v) is 1.77. The van der Waals surface area contributed by atoms with E-state index in [4.69, 9.17) is 0 Å². The number of fused-ring (bicyclic) bond motifs is 1. The molecule has 1 heterocycles. The van der Waals surface area contributed by atoms with Gasteiger partial charge in [0, 0.05) is 6.07 Å². The van der Waals surface area contributed by atoms with Crippen molar-refractivity contribution in [2.24, 2.45) is 0 Å². The van der Waals surface area contributed by atoms with Crippen molar-refractivity contribution >= 4 is 17.3 Å². The third-order valence-electron chi connectivity index (χ3n) is 2.53. The average molecular weight is 226 g/mol. The van der Waals surface area contributed by atoms with Crippen LogP contribution < -0.4 is 10.6 Å². The average Bonchev–Trinajstić information content (AvgIpc) is 2.21. The Kier molecular flexibility index (Phi) is 2.77. The van der Waals surface area contributed by atoms with Crippen LogP contribution in [0, 0.1) is 11.6 Å². The Hall–Kier alpha value is -1.65. The van der Waals surface area contributed by atoms with Crippen LogP contribution in [0.15, 0.2) is 12.1 Å². The van der Waals surface area contributed by atoms with Gasteiger partial charge in [0.1, 0.15) is 17.5 Å². The van der Waals surface area contributed by atoms with E-state index in [0.29, 0.717) is 12.1 Å². The summed E-state index contributed by atoms with van der Waals surface area (Å²) in [6.07, 6.45) is 1.45. The SMILES string of the molecule is CCCC1Nc2cc(F)cc(F)c2NC1=O. The molecule has 2 rings (SSSR count). The Bertz CT molecular complexity index is 434. The van der Waals surface area contributed by atoms with Crippen molar-refractivity contribution in [3.05, 3.63) is 23.8 Å². The van der Waals surface area contributed by atoms with Crippen molar-refractivity contribution in [3.63, 3.8) is 0 Å². The summed E-state index contributed by atoms with van der Waals surface area (Å²) < 4.78 is 26.3. The molecule has 1 aliphatic heterocycles. The molecule has 86 valence electrons. The number of hydrogen-bond acceptors (Lipinski definition) is 2. The predicted molar refractivity (Wildman–Crippen MR) is 57.3 cm³/mol. The van der Waals surface area contributed by atoms with Gasteiger partial charge >= 0.3 is 0 Å². The molecule has 0 aromatic heterocycles. The van der Waals surface area contributed by atoms with Gasteiger partial charge in [0.25, 0.3) is 0 Å². The second-order valence-corrected chi connectivity index (χ2v) is 3.79. The molecule has 0 spiro atoms. The van der Waals surface area contributed by atoms with E-state index in [1.165, 1.54) is 6.07 Å². The molecule has 1 atom stereocenters. The minimum absolute atomic E-state index is 0.0266. The second-order valence-electron chi connectivity index (χ2n) is 3.79. The number of halogens is 2. The lowest BCUT2D eigenvalue weighted by Gasteiger charge is -2.26. The minimum atomic E-state index is -0.759. The zero-order chi connectivity index (χ0) is 11.7. The van der Waals surface area contributed by atoms with Crippen LogP contribution in [0.1, 0.15) is 19.8 Å². The largest absolute Gasteiger partial charge is 0.372 e. The summed E-state index contributed by atoms with van der Waals surface area (Å²) in [5, 5.41) is 5.28.